The van der Waals surface area contributed by atoms with E-state index in [2.05, 4.69) is 5.32 Å². The van der Waals surface area contributed by atoms with E-state index in [0.717, 1.165) is 4.31 Å². The molecule has 1 aromatic rings. The van der Waals surface area contributed by atoms with Gasteiger partial charge in [-0.25, -0.2) is 8.42 Å². The zero-order valence-corrected chi connectivity index (χ0v) is 14.5. The van der Waals surface area contributed by atoms with Crippen LogP contribution in [0.25, 0.3) is 0 Å². The van der Waals surface area contributed by atoms with Crippen LogP contribution in [0.1, 0.15) is 18.9 Å². The van der Waals surface area contributed by atoms with Gasteiger partial charge in [0, 0.05) is 19.7 Å². The summed E-state index contributed by atoms with van der Waals surface area (Å²) >= 11 is 0. The number of sulfonamides is 1. The molecule has 0 atom stereocenters. The largest absolute Gasteiger partial charge is 0.496 e. The number of aliphatic hydroxyl groups excluding tert-OH is 1. The van der Waals surface area contributed by atoms with E-state index in [1.807, 2.05) is 0 Å². The van der Waals surface area contributed by atoms with E-state index in [-0.39, 0.29) is 24.6 Å². The van der Waals surface area contributed by atoms with Crippen LogP contribution in [0.15, 0.2) is 23.1 Å². The van der Waals surface area contributed by atoms with Gasteiger partial charge in [0.15, 0.2) is 0 Å². The van der Waals surface area contributed by atoms with Crippen LogP contribution in [0.3, 0.4) is 0 Å². The highest BCUT2D eigenvalue weighted by Gasteiger charge is 2.25. The van der Waals surface area contributed by atoms with Gasteiger partial charge >= 0.3 is 0 Å². The van der Waals surface area contributed by atoms with E-state index in [4.69, 9.17) is 9.84 Å². The fourth-order valence-corrected chi connectivity index (χ4v) is 3.54. The van der Waals surface area contributed by atoms with Crippen molar-refractivity contribution < 1.29 is 23.1 Å². The van der Waals surface area contributed by atoms with Crippen LogP contribution in [0.2, 0.25) is 0 Å². The number of nitrogens with zero attached hydrogens (tertiary/aromatic N) is 1. The number of nitrogens with one attached hydrogen (secondary N) is 1. The number of amides is 1. The zero-order valence-electron chi connectivity index (χ0n) is 13.7. The minimum absolute atomic E-state index is 0.0266. The highest BCUT2D eigenvalue weighted by molar-refractivity contribution is 7.89. The van der Waals surface area contributed by atoms with Gasteiger partial charge in [0.05, 0.1) is 18.6 Å². The molecule has 2 N–H and O–H groups in total. The number of benzene rings is 1. The maximum Gasteiger partial charge on any atom is 0.243 e. The molecule has 23 heavy (non-hydrogen) atoms. The lowest BCUT2D eigenvalue weighted by molar-refractivity contribution is -0.121. The minimum atomic E-state index is -3.76. The van der Waals surface area contributed by atoms with E-state index in [1.54, 1.807) is 19.9 Å². The summed E-state index contributed by atoms with van der Waals surface area (Å²) in [7, 11) is -2.24. The van der Waals surface area contributed by atoms with Crippen LogP contribution in [0, 0.1) is 6.92 Å². The first-order valence-corrected chi connectivity index (χ1v) is 8.83. The second kappa shape index (κ2) is 8.85. The van der Waals surface area contributed by atoms with Gasteiger partial charge in [0.2, 0.25) is 15.9 Å². The first-order chi connectivity index (χ1) is 10.9. The van der Waals surface area contributed by atoms with E-state index in [0.29, 0.717) is 24.3 Å². The average molecular weight is 344 g/mol. The van der Waals surface area contributed by atoms with E-state index in [9.17, 15) is 13.2 Å². The summed E-state index contributed by atoms with van der Waals surface area (Å²) in [5.74, 6) is 0.211. The molecule has 7 nitrogen and oxygen atoms in total. The fraction of sp³-hybridized carbons (Fsp3) is 0.533. The topological polar surface area (TPSA) is 95.9 Å². The van der Waals surface area contributed by atoms with Gasteiger partial charge in [0.1, 0.15) is 5.75 Å². The molecule has 1 aromatic carbocycles. The molecular weight excluding hydrogens is 320 g/mol. The van der Waals surface area contributed by atoms with Gasteiger partial charge in [0.25, 0.3) is 0 Å². The second-order valence-electron chi connectivity index (χ2n) is 4.99. The number of aryl methyl sites for hydroxylation is 1. The molecule has 130 valence electrons. The molecular formula is C15H24N2O5S. The average Bonchev–Trinajstić information content (AvgIpc) is 2.52. The highest BCUT2D eigenvalue weighted by atomic mass is 32.2. The van der Waals surface area contributed by atoms with Gasteiger partial charge in [-0.1, -0.05) is 6.92 Å². The number of aliphatic hydroxyl groups is 1. The maximum atomic E-state index is 12.6. The fourth-order valence-electron chi connectivity index (χ4n) is 2.05. The van der Waals surface area contributed by atoms with Crippen molar-refractivity contribution >= 4 is 15.9 Å². The Bertz CT molecular complexity index is 631. The number of carbonyl (C=O) groups excluding carboxylic acids is 1. The molecule has 0 bridgehead atoms. The smallest absolute Gasteiger partial charge is 0.243 e. The van der Waals surface area contributed by atoms with Crippen LogP contribution in [0.5, 0.6) is 5.75 Å². The van der Waals surface area contributed by atoms with Crippen molar-refractivity contribution in [3.05, 3.63) is 23.8 Å². The van der Waals surface area contributed by atoms with Crippen molar-refractivity contribution in [3.63, 3.8) is 0 Å². The van der Waals surface area contributed by atoms with E-state index < -0.39 is 15.9 Å². The number of methoxy groups -OCH3 is 1. The first-order valence-electron chi connectivity index (χ1n) is 7.39. The standard InChI is InChI=1S/C15H24N2O5S/c1-4-17(11-15(19)16-8-5-9-18)23(20,21)13-6-7-14(22-3)12(2)10-13/h6-7,10,18H,4-5,8-9,11H2,1-3H3,(H,16,19). The molecule has 0 aliphatic carbocycles. The number of likely N-dealkylation sites (N-methyl/N-ethyl adjacent to an activating group) is 1. The quantitative estimate of drug-likeness (QED) is 0.637. The monoisotopic (exact) mass is 344 g/mol. The lowest BCUT2D eigenvalue weighted by Gasteiger charge is -2.20. The normalized spacial score (nSPS) is 11.5. The predicted molar refractivity (Wildman–Crippen MR) is 86.9 cm³/mol. The van der Waals surface area contributed by atoms with Gasteiger partial charge in [-0.2, -0.15) is 4.31 Å². The van der Waals surface area contributed by atoms with Gasteiger partial charge in [-0.15, -0.1) is 0 Å². The van der Waals surface area contributed by atoms with Crippen LogP contribution in [-0.2, 0) is 14.8 Å². The number of ether oxygens (including phenoxy) is 1. The molecule has 0 radical (unpaired) electrons. The predicted octanol–water partition coefficient (Wildman–Crippen LogP) is 0.513. The molecule has 0 aromatic heterocycles. The SMILES string of the molecule is CCN(CC(=O)NCCCO)S(=O)(=O)c1ccc(OC)c(C)c1. The molecule has 1 rings (SSSR count). The summed E-state index contributed by atoms with van der Waals surface area (Å²) in [5, 5.41) is 11.3. The van der Waals surface area contributed by atoms with Crippen molar-refractivity contribution in [2.45, 2.75) is 25.2 Å². The third-order valence-electron chi connectivity index (χ3n) is 3.33. The lowest BCUT2D eigenvalue weighted by atomic mass is 10.2. The third kappa shape index (κ3) is 5.19. The molecule has 0 saturated carbocycles. The number of hydrogen-bond acceptors (Lipinski definition) is 5. The minimum Gasteiger partial charge on any atom is -0.496 e. The van der Waals surface area contributed by atoms with Gasteiger partial charge < -0.3 is 15.2 Å². The lowest BCUT2D eigenvalue weighted by Crippen LogP contribution is -2.40. The van der Waals surface area contributed by atoms with Crippen molar-refractivity contribution in [3.8, 4) is 5.75 Å². The molecule has 1 amide bonds. The van der Waals surface area contributed by atoms with E-state index >= 15 is 0 Å². The van der Waals surface area contributed by atoms with Crippen LogP contribution < -0.4 is 10.1 Å². The van der Waals surface area contributed by atoms with E-state index in [1.165, 1.54) is 19.2 Å². The van der Waals surface area contributed by atoms with Crippen molar-refractivity contribution in [1.29, 1.82) is 0 Å². The van der Waals surface area contributed by atoms with Crippen molar-refractivity contribution in [2.75, 3.05) is 33.4 Å². The summed E-state index contributed by atoms with van der Waals surface area (Å²) in [6.45, 7) is 3.65. The number of rotatable bonds is 9. The molecule has 0 unspecified atom stereocenters. The molecule has 8 heteroatoms. The molecule has 0 saturated heterocycles. The summed E-state index contributed by atoms with van der Waals surface area (Å²) in [6, 6.07) is 4.59. The highest BCUT2D eigenvalue weighted by Crippen LogP contribution is 2.23. The Labute approximate surface area is 137 Å². The summed E-state index contributed by atoms with van der Waals surface area (Å²) < 4.78 is 31.5. The first kappa shape index (κ1) is 19.4. The molecule has 0 fully saturated rings. The molecule has 0 spiro atoms. The van der Waals surface area contributed by atoms with Gasteiger partial charge in [-0.05, 0) is 37.1 Å². The van der Waals surface area contributed by atoms with Crippen molar-refractivity contribution in [2.24, 2.45) is 0 Å². The zero-order chi connectivity index (χ0) is 17.5. The summed E-state index contributed by atoms with van der Waals surface area (Å²) in [6.07, 6.45) is 0.433. The number of carbonyl (C=O) groups is 1. The Balaban J connectivity index is 2.90. The maximum absolute atomic E-state index is 12.6. The molecule has 0 heterocycles. The third-order valence-corrected chi connectivity index (χ3v) is 5.25. The van der Waals surface area contributed by atoms with Crippen LogP contribution >= 0.6 is 0 Å². The van der Waals surface area contributed by atoms with Gasteiger partial charge in [-0.3, -0.25) is 4.79 Å². The van der Waals surface area contributed by atoms with Crippen LogP contribution in [-0.4, -0.2) is 57.1 Å². The Hall–Kier alpha value is -1.64. The number of hydrogen-bond donors (Lipinski definition) is 2. The summed E-state index contributed by atoms with van der Waals surface area (Å²) in [5.41, 5.74) is 0.706. The molecule has 0 aliphatic rings. The Morgan fingerprint density at radius 1 is 1.39 bits per heavy atom. The van der Waals surface area contributed by atoms with Crippen LogP contribution in [0.4, 0.5) is 0 Å². The summed E-state index contributed by atoms with van der Waals surface area (Å²) in [4.78, 5) is 11.9. The van der Waals surface area contributed by atoms with Crippen molar-refractivity contribution in [1.82, 2.24) is 9.62 Å². The second-order valence-corrected chi connectivity index (χ2v) is 6.93. The Kier molecular flexibility index (Phi) is 7.47. The molecule has 0 aliphatic heterocycles. The Morgan fingerprint density at radius 2 is 2.09 bits per heavy atom. The Morgan fingerprint density at radius 3 is 2.61 bits per heavy atom.